The molecule has 0 atom stereocenters. The molecule has 0 fully saturated rings. The molecule has 0 spiro atoms. The third-order valence-corrected chi connectivity index (χ3v) is 3.48. The minimum Gasteiger partial charge on any atom is -0.476 e. The Bertz CT molecular complexity index is 683. The molecular weight excluding hydrogens is 307 g/mol. The van der Waals surface area contributed by atoms with Gasteiger partial charge in [-0.15, -0.1) is 11.3 Å². The summed E-state index contributed by atoms with van der Waals surface area (Å²) < 4.78 is 40.0. The van der Waals surface area contributed by atoms with Crippen molar-refractivity contribution in [1.29, 1.82) is 0 Å². The van der Waals surface area contributed by atoms with E-state index in [0.717, 1.165) is 17.4 Å². The van der Waals surface area contributed by atoms with Crippen molar-refractivity contribution in [1.82, 2.24) is 14.8 Å². The van der Waals surface area contributed by atoms with Crippen molar-refractivity contribution >= 4 is 17.3 Å². The number of carboxylic acid groups (broad SMARTS) is 1. The molecule has 0 radical (unpaired) electrons. The monoisotopic (exact) mass is 319 g/mol. The van der Waals surface area contributed by atoms with Crippen LogP contribution in [0.15, 0.2) is 11.4 Å². The van der Waals surface area contributed by atoms with E-state index < -0.39 is 23.3 Å². The minimum absolute atomic E-state index is 0.129. The van der Waals surface area contributed by atoms with E-state index in [1.165, 1.54) is 5.38 Å². The first-order chi connectivity index (χ1) is 9.50. The maximum absolute atomic E-state index is 13.1. The number of aromatic nitrogens is 3. The van der Waals surface area contributed by atoms with Crippen molar-refractivity contribution in [3.05, 3.63) is 28.5 Å². The van der Waals surface area contributed by atoms with Gasteiger partial charge in [0, 0.05) is 10.8 Å². The van der Waals surface area contributed by atoms with Gasteiger partial charge in [-0.3, -0.25) is 0 Å². The standard InChI is InChI=1S/C12H12F3N3O2S/c1-11(2,3)7-4-8(12(13,14)15)18(17-7)10-16-6(5-21-10)9(19)20/h4-5H,1-3H3,(H,19,20). The van der Waals surface area contributed by atoms with Crippen LogP contribution in [-0.2, 0) is 11.6 Å². The minimum atomic E-state index is -4.61. The smallest absolute Gasteiger partial charge is 0.433 e. The third kappa shape index (κ3) is 3.07. The van der Waals surface area contributed by atoms with Crippen LogP contribution in [0.5, 0.6) is 0 Å². The van der Waals surface area contributed by atoms with Crippen LogP contribution >= 0.6 is 11.3 Å². The highest BCUT2D eigenvalue weighted by atomic mass is 32.1. The molecule has 2 aromatic rings. The predicted molar refractivity (Wildman–Crippen MR) is 69.9 cm³/mol. The Morgan fingerprint density at radius 2 is 1.95 bits per heavy atom. The molecule has 0 bridgehead atoms. The van der Waals surface area contributed by atoms with E-state index >= 15 is 0 Å². The van der Waals surface area contributed by atoms with Gasteiger partial charge in [0.2, 0.25) is 5.13 Å². The van der Waals surface area contributed by atoms with Gasteiger partial charge in [0.15, 0.2) is 11.4 Å². The molecule has 5 nitrogen and oxygen atoms in total. The molecule has 0 saturated heterocycles. The van der Waals surface area contributed by atoms with Gasteiger partial charge in [-0.2, -0.15) is 18.3 Å². The molecule has 0 saturated carbocycles. The molecule has 2 heterocycles. The van der Waals surface area contributed by atoms with Crippen LogP contribution in [0, 0.1) is 0 Å². The maximum Gasteiger partial charge on any atom is 0.433 e. The zero-order chi connectivity index (χ0) is 16.0. The van der Waals surface area contributed by atoms with Gasteiger partial charge in [-0.25, -0.2) is 14.5 Å². The zero-order valence-corrected chi connectivity index (χ0v) is 12.2. The second-order valence-corrected chi connectivity index (χ2v) is 6.23. The number of alkyl halides is 3. The second-order valence-electron chi connectivity index (χ2n) is 5.39. The van der Waals surface area contributed by atoms with Crippen LogP contribution in [-0.4, -0.2) is 25.8 Å². The normalized spacial score (nSPS) is 12.7. The fourth-order valence-corrected chi connectivity index (χ4v) is 2.32. The Hall–Kier alpha value is -1.90. The fraction of sp³-hybridized carbons (Fsp3) is 0.417. The molecule has 114 valence electrons. The Labute approximate surface area is 122 Å². The summed E-state index contributed by atoms with van der Waals surface area (Å²) in [6, 6.07) is 0.960. The molecule has 2 rings (SSSR count). The van der Waals surface area contributed by atoms with E-state index in [2.05, 4.69) is 10.1 Å². The van der Waals surface area contributed by atoms with Gasteiger partial charge in [-0.1, -0.05) is 20.8 Å². The number of halogens is 3. The number of hydrogen-bond acceptors (Lipinski definition) is 4. The van der Waals surface area contributed by atoms with E-state index in [9.17, 15) is 18.0 Å². The molecule has 0 aromatic carbocycles. The zero-order valence-electron chi connectivity index (χ0n) is 11.4. The second kappa shape index (κ2) is 4.83. The lowest BCUT2D eigenvalue weighted by atomic mass is 9.92. The van der Waals surface area contributed by atoms with Gasteiger partial charge < -0.3 is 5.11 Å². The van der Waals surface area contributed by atoms with Gasteiger partial charge >= 0.3 is 12.1 Å². The summed E-state index contributed by atoms with van der Waals surface area (Å²) in [4.78, 5) is 14.5. The van der Waals surface area contributed by atoms with Crippen LogP contribution < -0.4 is 0 Å². The van der Waals surface area contributed by atoms with Crippen molar-refractivity contribution in [2.75, 3.05) is 0 Å². The predicted octanol–water partition coefficient (Wildman–Crippen LogP) is 3.34. The topological polar surface area (TPSA) is 68.0 Å². The molecule has 9 heteroatoms. The summed E-state index contributed by atoms with van der Waals surface area (Å²) in [5.74, 6) is -1.30. The van der Waals surface area contributed by atoms with Crippen LogP contribution in [0.2, 0.25) is 0 Å². The Kier molecular flexibility index (Phi) is 3.56. The summed E-state index contributed by atoms with van der Waals surface area (Å²) in [5.41, 5.74) is -1.60. The number of rotatable bonds is 2. The maximum atomic E-state index is 13.1. The number of thiazole rings is 1. The third-order valence-electron chi connectivity index (χ3n) is 2.66. The molecule has 0 aliphatic carbocycles. The van der Waals surface area contributed by atoms with E-state index in [1.807, 2.05) is 0 Å². The quantitative estimate of drug-likeness (QED) is 0.922. The molecule has 0 unspecified atom stereocenters. The average Bonchev–Trinajstić information content (AvgIpc) is 2.93. The lowest BCUT2D eigenvalue weighted by molar-refractivity contribution is -0.142. The summed E-state index contributed by atoms with van der Waals surface area (Å²) in [7, 11) is 0. The van der Waals surface area contributed by atoms with Gasteiger partial charge in [0.1, 0.15) is 0 Å². The molecule has 21 heavy (non-hydrogen) atoms. The highest BCUT2D eigenvalue weighted by Crippen LogP contribution is 2.34. The summed E-state index contributed by atoms with van der Waals surface area (Å²) in [6.07, 6.45) is -4.61. The lowest BCUT2D eigenvalue weighted by Crippen LogP contribution is -2.14. The number of hydrogen-bond donors (Lipinski definition) is 1. The van der Waals surface area contributed by atoms with Gasteiger partial charge in [0.05, 0.1) is 5.69 Å². The van der Waals surface area contributed by atoms with Gasteiger partial charge in [0.25, 0.3) is 0 Å². The molecule has 0 aliphatic rings. The largest absolute Gasteiger partial charge is 0.476 e. The van der Waals surface area contributed by atoms with Crippen LogP contribution in [0.1, 0.15) is 42.6 Å². The van der Waals surface area contributed by atoms with Crippen LogP contribution in [0.25, 0.3) is 5.13 Å². The van der Waals surface area contributed by atoms with Crippen molar-refractivity contribution in [3.8, 4) is 5.13 Å². The first-order valence-corrected chi connectivity index (χ1v) is 6.75. The first-order valence-electron chi connectivity index (χ1n) is 5.87. The number of nitrogens with zero attached hydrogens (tertiary/aromatic N) is 3. The van der Waals surface area contributed by atoms with Gasteiger partial charge in [-0.05, 0) is 6.07 Å². The van der Waals surface area contributed by atoms with E-state index in [1.54, 1.807) is 20.8 Å². The lowest BCUT2D eigenvalue weighted by Gasteiger charge is -2.13. The summed E-state index contributed by atoms with van der Waals surface area (Å²) >= 11 is 0.794. The summed E-state index contributed by atoms with van der Waals surface area (Å²) in [5, 5.41) is 13.8. The molecular formula is C12H12F3N3O2S. The van der Waals surface area contributed by atoms with Crippen molar-refractivity contribution in [2.45, 2.75) is 32.4 Å². The Morgan fingerprint density at radius 3 is 2.38 bits per heavy atom. The SMILES string of the molecule is CC(C)(C)c1cc(C(F)(F)F)n(-c2nc(C(=O)O)cs2)n1. The average molecular weight is 319 g/mol. The highest BCUT2D eigenvalue weighted by molar-refractivity contribution is 7.12. The van der Waals surface area contributed by atoms with Crippen molar-refractivity contribution in [2.24, 2.45) is 0 Å². The molecule has 2 aromatic heterocycles. The fourth-order valence-electron chi connectivity index (χ4n) is 1.56. The molecule has 1 N–H and O–H groups in total. The number of aromatic carboxylic acids is 1. The van der Waals surface area contributed by atoms with Crippen LogP contribution in [0.3, 0.4) is 0 Å². The molecule has 0 aliphatic heterocycles. The number of carboxylic acids is 1. The molecule has 0 amide bonds. The van der Waals surface area contributed by atoms with E-state index in [-0.39, 0.29) is 16.5 Å². The Morgan fingerprint density at radius 1 is 1.33 bits per heavy atom. The summed E-state index contributed by atoms with van der Waals surface area (Å²) in [6.45, 7) is 5.22. The van der Waals surface area contributed by atoms with E-state index in [0.29, 0.717) is 4.68 Å². The highest BCUT2D eigenvalue weighted by Gasteiger charge is 2.38. The van der Waals surface area contributed by atoms with Crippen molar-refractivity contribution < 1.29 is 23.1 Å². The van der Waals surface area contributed by atoms with Crippen LogP contribution in [0.4, 0.5) is 13.2 Å². The first kappa shape index (κ1) is 15.5. The Balaban J connectivity index is 2.60. The van der Waals surface area contributed by atoms with Crippen molar-refractivity contribution in [3.63, 3.8) is 0 Å². The van der Waals surface area contributed by atoms with E-state index in [4.69, 9.17) is 5.11 Å². The number of carbonyl (C=O) groups is 1.